The Labute approximate surface area is 146 Å². The molecule has 24 heavy (non-hydrogen) atoms. The van der Waals surface area contributed by atoms with Crippen LogP contribution in [0.2, 0.25) is 0 Å². The Morgan fingerprint density at radius 1 is 1.29 bits per heavy atom. The molecule has 2 aromatic heterocycles. The molecule has 0 fully saturated rings. The number of nitrogens with one attached hydrogen (secondary N) is 1. The molecule has 0 saturated heterocycles. The predicted molar refractivity (Wildman–Crippen MR) is 95.1 cm³/mol. The van der Waals surface area contributed by atoms with E-state index in [1.54, 1.807) is 22.8 Å². The standard InChI is InChI=1S/C16H16N2O4S2/c1-9-3-4-11(24-9)5-6-13(19)22-10(2)15(21)18-16-12(14(17)20)7-8-23-16/h3-8,10H,1-2H3,(H2,17,20)(H,18,21)/b6-5+/t10-/m0/s1. The molecule has 0 bridgehead atoms. The number of rotatable bonds is 6. The lowest BCUT2D eigenvalue weighted by atomic mass is 10.3. The van der Waals surface area contributed by atoms with Crippen molar-refractivity contribution in [3.05, 3.63) is 45.0 Å². The second-order valence-corrected chi connectivity index (χ2v) is 7.11. The van der Waals surface area contributed by atoms with E-state index in [4.69, 9.17) is 10.5 Å². The Hall–Kier alpha value is -2.45. The zero-order chi connectivity index (χ0) is 17.7. The Bertz CT molecular complexity index is 792. The van der Waals surface area contributed by atoms with Crippen molar-refractivity contribution in [3.63, 3.8) is 0 Å². The van der Waals surface area contributed by atoms with Crippen LogP contribution in [0.15, 0.2) is 29.7 Å². The molecule has 8 heteroatoms. The summed E-state index contributed by atoms with van der Waals surface area (Å²) in [6.45, 7) is 3.42. The SMILES string of the molecule is Cc1ccc(/C=C/C(=O)O[C@@H](C)C(=O)Nc2sccc2C(N)=O)s1. The minimum Gasteiger partial charge on any atom is -0.449 e. The summed E-state index contributed by atoms with van der Waals surface area (Å²) in [7, 11) is 0. The van der Waals surface area contributed by atoms with Crippen LogP contribution in [0, 0.1) is 6.92 Å². The van der Waals surface area contributed by atoms with Crippen molar-refractivity contribution in [2.24, 2.45) is 5.73 Å². The molecular formula is C16H16N2O4S2. The molecule has 0 saturated carbocycles. The maximum atomic E-state index is 12.0. The van der Waals surface area contributed by atoms with Gasteiger partial charge in [-0.2, -0.15) is 0 Å². The van der Waals surface area contributed by atoms with E-state index in [1.807, 2.05) is 19.1 Å². The van der Waals surface area contributed by atoms with Crippen LogP contribution in [0.25, 0.3) is 6.08 Å². The highest BCUT2D eigenvalue weighted by molar-refractivity contribution is 7.14. The number of aryl methyl sites for hydroxylation is 1. The van der Waals surface area contributed by atoms with Crippen molar-refractivity contribution >= 4 is 51.5 Å². The van der Waals surface area contributed by atoms with Crippen LogP contribution in [0.1, 0.15) is 27.0 Å². The first kappa shape index (κ1) is 17.9. The fraction of sp³-hybridized carbons (Fsp3) is 0.188. The zero-order valence-electron chi connectivity index (χ0n) is 13.1. The van der Waals surface area contributed by atoms with E-state index in [0.29, 0.717) is 5.00 Å². The smallest absolute Gasteiger partial charge is 0.331 e. The molecule has 2 amide bonds. The fourth-order valence-corrected chi connectivity index (χ4v) is 3.35. The van der Waals surface area contributed by atoms with Crippen LogP contribution in [-0.2, 0) is 14.3 Å². The zero-order valence-corrected chi connectivity index (χ0v) is 14.7. The number of thiophene rings is 2. The number of primary amides is 1. The van der Waals surface area contributed by atoms with Crippen LogP contribution in [-0.4, -0.2) is 23.9 Å². The molecule has 0 aliphatic rings. The van der Waals surface area contributed by atoms with E-state index in [2.05, 4.69) is 5.32 Å². The van der Waals surface area contributed by atoms with Gasteiger partial charge in [0, 0.05) is 15.8 Å². The number of esters is 1. The van der Waals surface area contributed by atoms with Crippen LogP contribution >= 0.6 is 22.7 Å². The summed E-state index contributed by atoms with van der Waals surface area (Å²) in [6, 6.07) is 5.36. The maximum absolute atomic E-state index is 12.0. The maximum Gasteiger partial charge on any atom is 0.331 e. The Balaban J connectivity index is 1.91. The first-order valence-corrected chi connectivity index (χ1v) is 8.69. The molecule has 0 aliphatic heterocycles. The van der Waals surface area contributed by atoms with Crippen molar-refractivity contribution in [2.45, 2.75) is 20.0 Å². The molecule has 0 spiro atoms. The summed E-state index contributed by atoms with van der Waals surface area (Å²) in [5.41, 5.74) is 5.43. The van der Waals surface area contributed by atoms with Gasteiger partial charge in [-0.05, 0) is 43.5 Å². The number of hydrogen-bond acceptors (Lipinski definition) is 6. The molecule has 0 aromatic carbocycles. The third-order valence-electron chi connectivity index (χ3n) is 2.97. The second-order valence-electron chi connectivity index (χ2n) is 4.88. The molecule has 0 unspecified atom stereocenters. The molecule has 6 nitrogen and oxygen atoms in total. The normalized spacial score (nSPS) is 12.1. The largest absolute Gasteiger partial charge is 0.449 e. The summed E-state index contributed by atoms with van der Waals surface area (Å²) in [4.78, 5) is 37.1. The number of carbonyl (C=O) groups is 3. The molecule has 2 rings (SSSR count). The third-order valence-corrected chi connectivity index (χ3v) is 4.77. The Kier molecular flexibility index (Phi) is 5.88. The monoisotopic (exact) mass is 364 g/mol. The van der Waals surface area contributed by atoms with Crippen molar-refractivity contribution in [1.29, 1.82) is 0 Å². The van der Waals surface area contributed by atoms with Gasteiger partial charge in [-0.15, -0.1) is 22.7 Å². The number of ether oxygens (including phenoxy) is 1. The lowest BCUT2D eigenvalue weighted by Crippen LogP contribution is -2.29. The van der Waals surface area contributed by atoms with Gasteiger partial charge < -0.3 is 15.8 Å². The Morgan fingerprint density at radius 2 is 2.04 bits per heavy atom. The van der Waals surface area contributed by atoms with E-state index >= 15 is 0 Å². The first-order chi connectivity index (χ1) is 11.4. The molecule has 2 heterocycles. The minimum absolute atomic E-state index is 0.222. The number of nitrogens with two attached hydrogens (primary N) is 1. The molecule has 1 atom stereocenters. The number of hydrogen-bond donors (Lipinski definition) is 2. The van der Waals surface area contributed by atoms with Crippen molar-refractivity contribution in [3.8, 4) is 0 Å². The lowest BCUT2D eigenvalue weighted by Gasteiger charge is -2.12. The summed E-state index contributed by atoms with van der Waals surface area (Å²) in [6.07, 6.45) is 1.90. The Morgan fingerprint density at radius 3 is 2.67 bits per heavy atom. The number of carbonyl (C=O) groups excluding carboxylic acids is 3. The molecule has 2 aromatic rings. The van der Waals surface area contributed by atoms with Gasteiger partial charge in [0.1, 0.15) is 5.00 Å². The van der Waals surface area contributed by atoms with Crippen LogP contribution in [0.5, 0.6) is 0 Å². The number of amides is 2. The third kappa shape index (κ3) is 4.77. The van der Waals surface area contributed by atoms with E-state index in [0.717, 1.165) is 9.75 Å². The van der Waals surface area contributed by atoms with Gasteiger partial charge >= 0.3 is 5.97 Å². The van der Waals surface area contributed by atoms with E-state index in [-0.39, 0.29) is 5.56 Å². The highest BCUT2D eigenvalue weighted by Crippen LogP contribution is 2.23. The minimum atomic E-state index is -1.00. The van der Waals surface area contributed by atoms with Crippen LogP contribution in [0.3, 0.4) is 0 Å². The summed E-state index contributed by atoms with van der Waals surface area (Å²) in [5, 5.41) is 4.50. The first-order valence-electron chi connectivity index (χ1n) is 7.00. The van der Waals surface area contributed by atoms with E-state index < -0.39 is 23.9 Å². The fourth-order valence-electron chi connectivity index (χ4n) is 1.77. The second kappa shape index (κ2) is 7.89. The van der Waals surface area contributed by atoms with Gasteiger partial charge in [-0.3, -0.25) is 9.59 Å². The molecule has 0 radical (unpaired) electrons. The summed E-state index contributed by atoms with van der Waals surface area (Å²) < 4.78 is 5.05. The highest BCUT2D eigenvalue weighted by atomic mass is 32.1. The van der Waals surface area contributed by atoms with Gasteiger partial charge in [-0.25, -0.2) is 4.79 Å². The van der Waals surface area contributed by atoms with Crippen molar-refractivity contribution in [2.75, 3.05) is 5.32 Å². The topological polar surface area (TPSA) is 98.5 Å². The van der Waals surface area contributed by atoms with Crippen molar-refractivity contribution < 1.29 is 19.1 Å². The lowest BCUT2D eigenvalue weighted by molar-refractivity contribution is -0.148. The molecule has 0 aliphatic carbocycles. The van der Waals surface area contributed by atoms with E-state index in [1.165, 1.54) is 30.4 Å². The average Bonchev–Trinajstić information content (AvgIpc) is 3.14. The predicted octanol–water partition coefficient (Wildman–Crippen LogP) is 2.80. The average molecular weight is 364 g/mol. The summed E-state index contributed by atoms with van der Waals surface area (Å²) >= 11 is 2.71. The highest BCUT2D eigenvalue weighted by Gasteiger charge is 2.19. The molecule has 126 valence electrons. The number of anilines is 1. The van der Waals surface area contributed by atoms with Crippen LogP contribution in [0.4, 0.5) is 5.00 Å². The quantitative estimate of drug-likeness (QED) is 0.608. The molecule has 3 N–H and O–H groups in total. The van der Waals surface area contributed by atoms with Crippen LogP contribution < -0.4 is 11.1 Å². The van der Waals surface area contributed by atoms with Gasteiger partial charge in [0.25, 0.3) is 11.8 Å². The summed E-state index contributed by atoms with van der Waals surface area (Å²) in [5.74, 6) is -1.79. The van der Waals surface area contributed by atoms with Gasteiger partial charge in [0.2, 0.25) is 0 Å². The molecular weight excluding hydrogens is 348 g/mol. The van der Waals surface area contributed by atoms with Gasteiger partial charge in [-0.1, -0.05) is 0 Å². The van der Waals surface area contributed by atoms with Gasteiger partial charge in [0.05, 0.1) is 5.56 Å². The van der Waals surface area contributed by atoms with Gasteiger partial charge in [0.15, 0.2) is 6.10 Å². The van der Waals surface area contributed by atoms with E-state index in [9.17, 15) is 14.4 Å². The van der Waals surface area contributed by atoms with Crippen molar-refractivity contribution in [1.82, 2.24) is 0 Å².